The number of carbonyl (C=O) groups excluding carboxylic acids is 1. The van der Waals surface area contributed by atoms with Gasteiger partial charge >= 0.3 is 0 Å². The van der Waals surface area contributed by atoms with Gasteiger partial charge in [0.05, 0.1) is 12.0 Å². The van der Waals surface area contributed by atoms with Crippen molar-refractivity contribution in [3.8, 4) is 0 Å². The van der Waals surface area contributed by atoms with E-state index >= 15 is 0 Å². The molecule has 0 amide bonds. The molecule has 3 rings (SSSR count). The number of ketones is 1. The maximum atomic E-state index is 12.6. The quantitative estimate of drug-likeness (QED) is 0.422. The van der Waals surface area contributed by atoms with Gasteiger partial charge in [-0.25, -0.2) is 4.99 Å². The normalized spacial score (nSPS) is 19.3. The summed E-state index contributed by atoms with van der Waals surface area (Å²) in [7, 11) is 0. The van der Waals surface area contributed by atoms with E-state index in [0.29, 0.717) is 11.7 Å². The zero-order chi connectivity index (χ0) is 16.9. The smallest absolute Gasteiger partial charge is 0.163 e. The van der Waals surface area contributed by atoms with Crippen molar-refractivity contribution in [2.24, 2.45) is 10.9 Å². The van der Waals surface area contributed by atoms with Gasteiger partial charge in [-0.15, -0.1) is 0 Å². The van der Waals surface area contributed by atoms with E-state index in [1.807, 2.05) is 13.3 Å². The van der Waals surface area contributed by atoms with Gasteiger partial charge in [0, 0.05) is 25.1 Å². The maximum Gasteiger partial charge on any atom is 0.163 e. The second-order valence-corrected chi connectivity index (χ2v) is 7.57. The fourth-order valence-corrected chi connectivity index (χ4v) is 4.00. The summed E-state index contributed by atoms with van der Waals surface area (Å²) < 4.78 is 0. The number of hydrogen-bond acceptors (Lipinski definition) is 2. The highest BCUT2D eigenvalue weighted by Gasteiger charge is 2.20. The van der Waals surface area contributed by atoms with Gasteiger partial charge in [-0.05, 0) is 62.3 Å². The third kappa shape index (κ3) is 4.25. The van der Waals surface area contributed by atoms with E-state index in [2.05, 4.69) is 28.9 Å². The summed E-state index contributed by atoms with van der Waals surface area (Å²) in [6.45, 7) is 6.33. The molecule has 0 atom stereocenters. The van der Waals surface area contributed by atoms with Gasteiger partial charge < -0.3 is 4.90 Å². The number of Topliss-reactive ketones (excluding diaryl/α,β-unsaturated/α-hetero) is 1. The second-order valence-electron chi connectivity index (χ2n) is 7.57. The number of nitrogens with zero attached hydrogens (tertiary/aromatic N) is 2. The Labute approximate surface area is 146 Å². The van der Waals surface area contributed by atoms with E-state index < -0.39 is 0 Å². The van der Waals surface area contributed by atoms with Gasteiger partial charge in [-0.2, -0.15) is 0 Å². The number of benzene rings is 1. The molecule has 24 heavy (non-hydrogen) atoms. The van der Waals surface area contributed by atoms with Gasteiger partial charge in [0.15, 0.2) is 5.78 Å². The van der Waals surface area contributed by atoms with Crippen molar-refractivity contribution < 1.29 is 4.79 Å². The Bertz CT molecular complexity index is 609. The number of aryl methyl sites for hydroxylation is 2. The van der Waals surface area contributed by atoms with Crippen LogP contribution in [0.4, 0.5) is 5.69 Å². The summed E-state index contributed by atoms with van der Waals surface area (Å²) in [5, 5.41) is 0. The van der Waals surface area contributed by atoms with E-state index in [9.17, 15) is 4.79 Å². The van der Waals surface area contributed by atoms with Crippen LogP contribution in [0.3, 0.4) is 0 Å². The predicted molar refractivity (Wildman–Crippen MR) is 100 cm³/mol. The minimum absolute atomic E-state index is 0.314. The summed E-state index contributed by atoms with van der Waals surface area (Å²) in [6.07, 6.45) is 11.6. The monoisotopic (exact) mass is 326 g/mol. The lowest BCUT2D eigenvalue weighted by atomic mass is 9.93. The number of carbonyl (C=O) groups is 1. The number of aliphatic imine (C=N–C) groups is 1. The first kappa shape index (κ1) is 17.2. The zero-order valence-electron chi connectivity index (χ0n) is 15.2. The third-order valence-corrected chi connectivity index (χ3v) is 5.54. The topological polar surface area (TPSA) is 32.7 Å². The van der Waals surface area contributed by atoms with Crippen LogP contribution in [0, 0.1) is 19.8 Å². The Kier molecular flexibility index (Phi) is 5.70. The van der Waals surface area contributed by atoms with Crippen molar-refractivity contribution in [1.29, 1.82) is 0 Å². The average molecular weight is 326 g/mol. The van der Waals surface area contributed by atoms with E-state index in [4.69, 9.17) is 0 Å². The van der Waals surface area contributed by atoms with Gasteiger partial charge in [0.2, 0.25) is 0 Å². The minimum Gasteiger partial charge on any atom is -0.363 e. The molecule has 0 unspecified atom stereocenters. The fraction of sp³-hybridized carbons (Fsp3) is 0.619. The van der Waals surface area contributed by atoms with E-state index in [-0.39, 0.29) is 0 Å². The average Bonchev–Trinajstić information content (AvgIpc) is 3.09. The molecular formula is C21H30N2O. The van der Waals surface area contributed by atoms with Crippen LogP contribution < -0.4 is 0 Å². The molecule has 1 heterocycles. The van der Waals surface area contributed by atoms with Crippen LogP contribution in [0.5, 0.6) is 0 Å². The van der Waals surface area contributed by atoms with Crippen LogP contribution in [-0.2, 0) is 0 Å². The SMILES string of the molecule is Cc1cc(C(=O)CC2CCCC2)c(C)cc1N=CN1CCCCC1. The lowest BCUT2D eigenvalue weighted by molar-refractivity contribution is 0.0961. The van der Waals surface area contributed by atoms with Crippen LogP contribution in [0.2, 0.25) is 0 Å². The highest BCUT2D eigenvalue weighted by atomic mass is 16.1. The van der Waals surface area contributed by atoms with Crippen LogP contribution in [-0.4, -0.2) is 30.1 Å². The molecule has 3 heteroatoms. The van der Waals surface area contributed by atoms with Crippen molar-refractivity contribution in [1.82, 2.24) is 4.90 Å². The molecule has 130 valence electrons. The van der Waals surface area contributed by atoms with Crippen molar-refractivity contribution >= 4 is 17.8 Å². The van der Waals surface area contributed by atoms with E-state index in [1.54, 1.807) is 0 Å². The first-order chi connectivity index (χ1) is 11.6. The lowest BCUT2D eigenvalue weighted by Gasteiger charge is -2.24. The van der Waals surface area contributed by atoms with Gasteiger partial charge in [0.25, 0.3) is 0 Å². The number of hydrogen-bond donors (Lipinski definition) is 0. The summed E-state index contributed by atoms with van der Waals surface area (Å²) in [4.78, 5) is 19.6. The maximum absolute atomic E-state index is 12.6. The highest BCUT2D eigenvalue weighted by Crippen LogP contribution is 2.30. The molecule has 1 aromatic carbocycles. The fourth-order valence-electron chi connectivity index (χ4n) is 4.00. The first-order valence-electron chi connectivity index (χ1n) is 9.56. The standard InChI is InChI=1S/C21H30N2O/c1-16-13-20(22-15-23-10-6-3-7-11-23)17(2)12-19(16)21(24)14-18-8-4-5-9-18/h12-13,15,18H,3-11,14H2,1-2H3. The Morgan fingerprint density at radius 1 is 1.08 bits per heavy atom. The summed E-state index contributed by atoms with van der Waals surface area (Å²) in [5.41, 5.74) is 4.06. The molecule has 3 nitrogen and oxygen atoms in total. The molecule has 1 aliphatic carbocycles. The summed E-state index contributed by atoms with van der Waals surface area (Å²) in [5.74, 6) is 0.920. The molecule has 1 saturated carbocycles. The van der Waals surface area contributed by atoms with Gasteiger partial charge in [-0.1, -0.05) is 25.7 Å². The molecule has 0 bridgehead atoms. The molecule has 0 N–H and O–H groups in total. The number of rotatable bonds is 5. The Balaban J connectivity index is 1.70. The largest absolute Gasteiger partial charge is 0.363 e. The van der Waals surface area contributed by atoms with Crippen LogP contribution in [0.25, 0.3) is 0 Å². The van der Waals surface area contributed by atoms with E-state index in [1.165, 1.54) is 44.9 Å². The zero-order valence-corrected chi connectivity index (χ0v) is 15.2. The van der Waals surface area contributed by atoms with Crippen molar-refractivity contribution in [2.75, 3.05) is 13.1 Å². The molecule has 1 saturated heterocycles. The van der Waals surface area contributed by atoms with Crippen molar-refractivity contribution in [3.63, 3.8) is 0 Å². The first-order valence-corrected chi connectivity index (χ1v) is 9.56. The van der Waals surface area contributed by atoms with Crippen molar-refractivity contribution in [2.45, 2.75) is 65.2 Å². The molecule has 2 aliphatic rings. The lowest BCUT2D eigenvalue weighted by Crippen LogP contribution is -2.28. The van der Waals surface area contributed by atoms with E-state index in [0.717, 1.165) is 41.9 Å². The molecule has 1 aromatic rings. The van der Waals surface area contributed by atoms with Gasteiger partial charge in [-0.3, -0.25) is 4.79 Å². The van der Waals surface area contributed by atoms with Crippen molar-refractivity contribution in [3.05, 3.63) is 28.8 Å². The van der Waals surface area contributed by atoms with Crippen LogP contribution in [0.15, 0.2) is 17.1 Å². The van der Waals surface area contributed by atoms with Crippen LogP contribution >= 0.6 is 0 Å². The van der Waals surface area contributed by atoms with Crippen LogP contribution in [0.1, 0.15) is 72.9 Å². The second kappa shape index (κ2) is 7.96. The Morgan fingerprint density at radius 3 is 2.50 bits per heavy atom. The third-order valence-electron chi connectivity index (χ3n) is 5.54. The predicted octanol–water partition coefficient (Wildman–Crippen LogP) is 5.21. The minimum atomic E-state index is 0.314. The number of piperidine rings is 1. The highest BCUT2D eigenvalue weighted by molar-refractivity contribution is 5.98. The molecule has 2 fully saturated rings. The van der Waals surface area contributed by atoms with Gasteiger partial charge in [0.1, 0.15) is 0 Å². The summed E-state index contributed by atoms with van der Waals surface area (Å²) in [6, 6.07) is 4.13. The summed E-state index contributed by atoms with van der Waals surface area (Å²) >= 11 is 0. The molecule has 1 aliphatic heterocycles. The molecule has 0 radical (unpaired) electrons. The molecular weight excluding hydrogens is 296 g/mol. The Hall–Kier alpha value is -1.64. The molecule has 0 aromatic heterocycles. The molecule has 0 spiro atoms. The number of likely N-dealkylation sites (tertiary alicyclic amines) is 1. The Morgan fingerprint density at radius 2 is 1.79 bits per heavy atom.